The molecule has 0 bridgehead atoms. The van der Waals surface area contributed by atoms with E-state index in [1.807, 2.05) is 6.07 Å². The zero-order valence-corrected chi connectivity index (χ0v) is 10.7. The molecule has 16 heavy (non-hydrogen) atoms. The molecule has 0 N–H and O–H groups in total. The minimum atomic E-state index is 0.219. The summed E-state index contributed by atoms with van der Waals surface area (Å²) >= 11 is 6.37. The molecule has 0 aliphatic heterocycles. The van der Waals surface area contributed by atoms with Crippen LogP contribution in [0, 0.1) is 0 Å². The largest absolute Gasteiger partial charge is 0.491 e. The molecule has 88 valence electrons. The molecule has 0 radical (unpaired) electrons. The van der Waals surface area contributed by atoms with Gasteiger partial charge in [-0.2, -0.15) is 0 Å². The van der Waals surface area contributed by atoms with E-state index in [1.54, 1.807) is 0 Å². The molecule has 2 unspecified atom stereocenters. The quantitative estimate of drug-likeness (QED) is 0.712. The lowest BCUT2D eigenvalue weighted by atomic mass is 9.96. The van der Waals surface area contributed by atoms with Crippen molar-refractivity contribution in [2.75, 3.05) is 0 Å². The van der Waals surface area contributed by atoms with Gasteiger partial charge in [-0.05, 0) is 38.3 Å². The Hall–Kier alpha value is -0.690. The highest BCUT2D eigenvalue weighted by Crippen LogP contribution is 2.41. The van der Waals surface area contributed by atoms with Crippen molar-refractivity contribution in [2.45, 2.75) is 50.5 Å². The summed E-state index contributed by atoms with van der Waals surface area (Å²) in [4.78, 5) is 0. The summed E-state index contributed by atoms with van der Waals surface area (Å²) < 4.78 is 5.85. The van der Waals surface area contributed by atoms with E-state index in [9.17, 15) is 0 Å². The lowest BCUT2D eigenvalue weighted by Crippen LogP contribution is -2.11. The van der Waals surface area contributed by atoms with Crippen LogP contribution in [0.4, 0.5) is 0 Å². The number of benzene rings is 1. The van der Waals surface area contributed by atoms with Gasteiger partial charge >= 0.3 is 0 Å². The summed E-state index contributed by atoms with van der Waals surface area (Å²) in [6, 6.07) is 8.31. The summed E-state index contributed by atoms with van der Waals surface area (Å²) in [6.07, 6.45) is 3.76. The highest BCUT2D eigenvalue weighted by molar-refractivity contribution is 6.21. The predicted octanol–water partition coefficient (Wildman–Crippen LogP) is 4.35. The molecule has 0 amide bonds. The van der Waals surface area contributed by atoms with Gasteiger partial charge in [0.25, 0.3) is 0 Å². The van der Waals surface area contributed by atoms with E-state index in [0.717, 1.165) is 12.2 Å². The van der Waals surface area contributed by atoms with Crippen LogP contribution in [0.15, 0.2) is 24.3 Å². The third kappa shape index (κ3) is 2.52. The molecular weight excluding hydrogens is 220 g/mol. The van der Waals surface area contributed by atoms with Crippen molar-refractivity contribution in [3.63, 3.8) is 0 Å². The summed E-state index contributed by atoms with van der Waals surface area (Å²) in [5.74, 6) is 1.48. The van der Waals surface area contributed by atoms with Crippen LogP contribution in [-0.2, 0) is 0 Å². The number of halogens is 1. The van der Waals surface area contributed by atoms with Crippen molar-refractivity contribution in [3.05, 3.63) is 29.8 Å². The first-order valence-corrected chi connectivity index (χ1v) is 6.52. The van der Waals surface area contributed by atoms with Gasteiger partial charge in [0.2, 0.25) is 0 Å². The van der Waals surface area contributed by atoms with Crippen LogP contribution in [0.1, 0.15) is 44.6 Å². The van der Waals surface area contributed by atoms with Gasteiger partial charge in [0.05, 0.1) is 6.10 Å². The van der Waals surface area contributed by atoms with Crippen molar-refractivity contribution in [2.24, 2.45) is 0 Å². The maximum Gasteiger partial charge on any atom is 0.123 e. The molecule has 1 nitrogen and oxygen atoms in total. The number of ether oxygens (including phenoxy) is 1. The highest BCUT2D eigenvalue weighted by Gasteiger charge is 2.28. The lowest BCUT2D eigenvalue weighted by Gasteiger charge is -2.20. The molecule has 1 fully saturated rings. The van der Waals surface area contributed by atoms with Gasteiger partial charge in [-0.15, -0.1) is 11.6 Å². The first-order chi connectivity index (χ1) is 7.68. The van der Waals surface area contributed by atoms with E-state index in [0.29, 0.717) is 5.92 Å². The molecule has 0 heterocycles. The van der Waals surface area contributed by atoms with Crippen molar-refractivity contribution in [1.29, 1.82) is 0 Å². The molecule has 1 aromatic carbocycles. The number of hydrogen-bond acceptors (Lipinski definition) is 1. The maximum absolute atomic E-state index is 6.37. The topological polar surface area (TPSA) is 9.23 Å². The van der Waals surface area contributed by atoms with Gasteiger partial charge in [-0.3, -0.25) is 0 Å². The van der Waals surface area contributed by atoms with Crippen molar-refractivity contribution in [3.8, 4) is 5.75 Å². The third-order valence-corrected chi connectivity index (χ3v) is 3.64. The number of rotatable bonds is 3. The average Bonchev–Trinajstić information content (AvgIpc) is 2.64. The van der Waals surface area contributed by atoms with Crippen molar-refractivity contribution >= 4 is 11.6 Å². The normalized spacial score (nSPS) is 25.0. The molecule has 2 heteroatoms. The molecular formula is C14H19ClO. The Morgan fingerprint density at radius 3 is 2.62 bits per heavy atom. The minimum Gasteiger partial charge on any atom is -0.491 e. The Labute approximate surface area is 103 Å². The summed E-state index contributed by atoms with van der Waals surface area (Å²) in [5.41, 5.74) is 1.29. The molecule has 0 spiro atoms. The van der Waals surface area contributed by atoms with Crippen LogP contribution in [0.2, 0.25) is 0 Å². The van der Waals surface area contributed by atoms with Crippen LogP contribution in [0.5, 0.6) is 5.75 Å². The van der Waals surface area contributed by atoms with Crippen molar-refractivity contribution < 1.29 is 4.74 Å². The molecule has 2 rings (SSSR count). The van der Waals surface area contributed by atoms with E-state index < -0.39 is 0 Å². The molecule has 2 atom stereocenters. The Bertz CT molecular complexity index is 348. The Morgan fingerprint density at radius 2 is 2.00 bits per heavy atom. The first-order valence-electron chi connectivity index (χ1n) is 6.08. The zero-order chi connectivity index (χ0) is 11.5. The van der Waals surface area contributed by atoms with E-state index in [1.165, 1.54) is 18.4 Å². The fourth-order valence-corrected chi connectivity index (χ4v) is 2.83. The molecule has 1 aliphatic rings. The molecule has 0 aromatic heterocycles. The smallest absolute Gasteiger partial charge is 0.123 e. The Kier molecular flexibility index (Phi) is 3.75. The number of alkyl halides is 1. The van der Waals surface area contributed by atoms with Gasteiger partial charge in [0.1, 0.15) is 5.75 Å². The molecule has 1 aliphatic carbocycles. The predicted molar refractivity (Wildman–Crippen MR) is 68.4 cm³/mol. The second-order valence-corrected chi connectivity index (χ2v) is 5.32. The van der Waals surface area contributed by atoms with Gasteiger partial charge in [-0.25, -0.2) is 0 Å². The van der Waals surface area contributed by atoms with Crippen LogP contribution >= 0.6 is 11.6 Å². The Balaban J connectivity index is 2.25. The number of para-hydroxylation sites is 1. The first kappa shape index (κ1) is 11.8. The fourth-order valence-electron chi connectivity index (χ4n) is 2.41. The van der Waals surface area contributed by atoms with E-state index >= 15 is 0 Å². The van der Waals surface area contributed by atoms with E-state index in [4.69, 9.17) is 16.3 Å². The average molecular weight is 239 g/mol. The van der Waals surface area contributed by atoms with Gasteiger partial charge in [0.15, 0.2) is 0 Å². The molecule has 1 saturated carbocycles. The summed E-state index contributed by atoms with van der Waals surface area (Å²) in [5, 5.41) is 0.275. The van der Waals surface area contributed by atoms with Crippen LogP contribution in [0.25, 0.3) is 0 Å². The highest BCUT2D eigenvalue weighted by atomic mass is 35.5. The zero-order valence-electron chi connectivity index (χ0n) is 9.95. The third-order valence-electron chi connectivity index (χ3n) is 3.11. The lowest BCUT2D eigenvalue weighted by molar-refractivity contribution is 0.238. The van der Waals surface area contributed by atoms with Gasteiger partial charge in [-0.1, -0.05) is 24.6 Å². The standard InChI is InChI=1S/C14H19ClO/c1-10(2)16-14-9-4-3-6-12(14)11-7-5-8-13(11)15/h3-4,6,9-11,13H,5,7-8H2,1-2H3. The maximum atomic E-state index is 6.37. The van der Waals surface area contributed by atoms with Crippen LogP contribution in [-0.4, -0.2) is 11.5 Å². The van der Waals surface area contributed by atoms with Crippen LogP contribution < -0.4 is 4.74 Å². The monoisotopic (exact) mass is 238 g/mol. The SMILES string of the molecule is CC(C)Oc1ccccc1C1CCCC1Cl. The van der Waals surface area contributed by atoms with Crippen molar-refractivity contribution in [1.82, 2.24) is 0 Å². The van der Waals surface area contributed by atoms with E-state index in [-0.39, 0.29) is 11.5 Å². The minimum absolute atomic E-state index is 0.219. The Morgan fingerprint density at radius 1 is 1.25 bits per heavy atom. The molecule has 1 aromatic rings. The second-order valence-electron chi connectivity index (χ2n) is 4.76. The molecule has 0 saturated heterocycles. The van der Waals surface area contributed by atoms with Crippen LogP contribution in [0.3, 0.4) is 0 Å². The summed E-state index contributed by atoms with van der Waals surface area (Å²) in [6.45, 7) is 4.12. The fraction of sp³-hybridized carbons (Fsp3) is 0.571. The second kappa shape index (κ2) is 5.09. The summed E-state index contributed by atoms with van der Waals surface area (Å²) in [7, 11) is 0. The van der Waals surface area contributed by atoms with E-state index in [2.05, 4.69) is 32.0 Å². The number of hydrogen-bond donors (Lipinski definition) is 0. The van der Waals surface area contributed by atoms with Gasteiger partial charge < -0.3 is 4.74 Å². The van der Waals surface area contributed by atoms with Gasteiger partial charge in [0, 0.05) is 11.3 Å².